The Bertz CT molecular complexity index is 4840. The van der Waals surface area contributed by atoms with Crippen LogP contribution in [0.3, 0.4) is 0 Å². The van der Waals surface area contributed by atoms with Crippen LogP contribution in [-0.2, 0) is 66.4 Å². The average Bonchev–Trinajstić information content (AvgIpc) is 1.73. The zero-order chi connectivity index (χ0) is 84.1. The molecule has 115 heavy (non-hydrogen) atoms. The van der Waals surface area contributed by atoms with Gasteiger partial charge in [-0.15, -0.1) is 6.58 Å². The number of hydrogen-bond acceptors (Lipinski definition) is 16. The molecule has 0 aromatic heterocycles. The van der Waals surface area contributed by atoms with Crippen LogP contribution in [0, 0.1) is 0 Å². The van der Waals surface area contributed by atoms with Crippen LogP contribution in [0.5, 0.6) is 46.0 Å². The van der Waals surface area contributed by atoms with Gasteiger partial charge in [0.1, 0.15) is 57.7 Å². The lowest BCUT2D eigenvalue weighted by Gasteiger charge is -2.32. The zero-order valence-electron chi connectivity index (χ0n) is 70.1. The Kier molecular flexibility index (Phi) is 30.6. The maximum absolute atomic E-state index is 13.3. The van der Waals surface area contributed by atoms with E-state index in [1.54, 1.807) is 67.9 Å². The van der Waals surface area contributed by atoms with E-state index >= 15 is 0 Å². The normalized spacial score (nSPS) is 15.3. The smallest absolute Gasteiger partial charge is 0.486 e. The summed E-state index contributed by atoms with van der Waals surface area (Å²) in [6, 6.07) is 39.6. The minimum atomic E-state index is -0.999. The number of nitrogens with one attached hydrogen (secondary N) is 1. The van der Waals surface area contributed by atoms with Gasteiger partial charge in [-0.3, -0.25) is 14.4 Å². The number of rotatable bonds is 19. The number of carbonyl (C=O) groups is 4. The summed E-state index contributed by atoms with van der Waals surface area (Å²) in [4.78, 5) is 56.3. The summed E-state index contributed by atoms with van der Waals surface area (Å²) in [6.45, 7) is 38.5. The number of carbonyl (C=O) groups excluding carboxylic acids is 3. The molecule has 612 valence electrons. The first-order chi connectivity index (χ1) is 54.7. The molecule has 1 unspecified atom stereocenters. The molecule has 3 amide bonds. The molecule has 0 bridgehead atoms. The van der Waals surface area contributed by atoms with Crippen molar-refractivity contribution in [3.05, 3.63) is 250 Å². The highest BCUT2D eigenvalue weighted by Crippen LogP contribution is 2.43. The van der Waals surface area contributed by atoms with Crippen LogP contribution in [0.2, 0.25) is 0 Å². The molecule has 0 aliphatic carbocycles. The maximum atomic E-state index is 13.3. The number of aromatic carboxylic acids is 1. The van der Waals surface area contributed by atoms with Gasteiger partial charge in [-0.2, -0.15) is 0 Å². The first kappa shape index (κ1) is 89.3. The van der Waals surface area contributed by atoms with Crippen LogP contribution in [0.25, 0.3) is 6.08 Å². The average molecular weight is 1700 g/mol. The first-order valence-corrected chi connectivity index (χ1v) is 40.1. The van der Waals surface area contributed by atoms with Crippen LogP contribution < -0.4 is 43.2 Å². The summed E-state index contributed by atoms with van der Waals surface area (Å²) in [7, 11) is 12.4. The van der Waals surface area contributed by atoms with Crippen molar-refractivity contribution in [2.75, 3.05) is 63.5 Å². The highest BCUT2D eigenvalue weighted by molar-refractivity contribution is 9.10. The predicted molar refractivity (Wildman–Crippen MR) is 459 cm³/mol. The third kappa shape index (κ3) is 21.4. The molecular formula is C92H111BBr2N4O16. The van der Waals surface area contributed by atoms with Crippen LogP contribution in [0.1, 0.15) is 232 Å². The summed E-state index contributed by atoms with van der Waals surface area (Å²) in [5.41, 5.74) is 17.6. The van der Waals surface area contributed by atoms with Crippen LogP contribution >= 0.6 is 31.9 Å². The molecule has 1 atom stereocenters. The van der Waals surface area contributed by atoms with Crippen molar-refractivity contribution in [1.82, 2.24) is 20.0 Å². The number of ether oxygens (including phenoxy) is 9. The van der Waals surface area contributed by atoms with E-state index in [1.165, 1.54) is 61.7 Å². The second kappa shape index (κ2) is 39.4. The predicted octanol–water partition coefficient (Wildman–Crippen LogP) is 19.8. The highest BCUT2D eigenvalue weighted by atomic mass is 79.9. The lowest BCUT2D eigenvalue weighted by molar-refractivity contribution is 0.00578. The van der Waals surface area contributed by atoms with Gasteiger partial charge in [0.15, 0.2) is 0 Å². The first-order valence-electron chi connectivity index (χ1n) is 38.6. The summed E-state index contributed by atoms with van der Waals surface area (Å²) in [5, 5.41) is 12.3. The lowest BCUT2D eigenvalue weighted by Crippen LogP contribution is -2.41. The van der Waals surface area contributed by atoms with Crippen molar-refractivity contribution in [3.63, 3.8) is 0 Å². The monoisotopic (exact) mass is 1700 g/mol. The third-order valence-electron chi connectivity index (χ3n) is 21.5. The number of amides is 3. The largest absolute Gasteiger partial charge is 0.496 e. The Hall–Kier alpha value is -9.62. The number of nitrogens with zero attached hydrogens (tertiary/aromatic N) is 3. The molecule has 0 spiro atoms. The van der Waals surface area contributed by atoms with Crippen LogP contribution in [-0.4, -0.2) is 125 Å². The third-order valence-corrected chi connectivity index (χ3v) is 22.5. The number of methoxy groups -OCH3 is 8. The topological polar surface area (TPSA) is 215 Å². The van der Waals surface area contributed by atoms with E-state index in [0.717, 1.165) is 69.2 Å². The van der Waals surface area contributed by atoms with Crippen LogP contribution in [0.4, 0.5) is 0 Å². The van der Waals surface area contributed by atoms with E-state index in [-0.39, 0.29) is 71.4 Å². The summed E-state index contributed by atoms with van der Waals surface area (Å²) in [6.07, 6.45) is 2.06. The van der Waals surface area contributed by atoms with E-state index in [2.05, 4.69) is 153 Å². The van der Waals surface area contributed by atoms with Crippen LogP contribution in [0.15, 0.2) is 149 Å². The minimum Gasteiger partial charge on any atom is -0.496 e. The highest BCUT2D eigenvalue weighted by Gasteiger charge is 2.50. The standard InChI is InChI=1S/C22H25NO4.C22H25NO3.C20H22BrNO3.C12H16O4.C8H15BO2.C8H8BrN/c1-13(2)17-8-18(20(26-4)9-19(17)25-3)22(24)23-10-15-6-5-14(21-12-27-21)7-16(15)11-23;1-6-15-7-8-16-12-23(13-17(16)9-15)22(24)19-10-18(14(2)3)20(25-4)11-21(19)26-5;1-12(2)16-8-17(19(25-4)9-18(16)24-3)20(23)22-10-13-5-6-15(21)7-14(13)11-22;1-7(2)8-5-9(12(13)14)11(16-4)6-10(8)15-3;1-6-9-10-7(2,3)8(4,5)11-9;9-8-2-1-6-4-10-5-7(6)3-8/h5-9,13,21H,10-12H2,1-4H3;6-11,14H,1,12-13H2,2-5H3;5-9,12H,10-11H2,1-4H3;5-7H,1-4H3,(H,13,14);6H,1H2,2-5H3;1-3,10H,4-5H2. The second-order valence-corrected chi connectivity index (χ2v) is 32.8. The number of halogens is 2. The molecule has 6 aliphatic heterocycles. The van der Waals surface area contributed by atoms with Crippen molar-refractivity contribution in [1.29, 1.82) is 0 Å². The zero-order valence-corrected chi connectivity index (χ0v) is 73.3. The summed E-state index contributed by atoms with van der Waals surface area (Å²) >= 11 is 6.93. The van der Waals surface area contributed by atoms with Crippen molar-refractivity contribution in [2.45, 2.75) is 176 Å². The van der Waals surface area contributed by atoms with Gasteiger partial charge < -0.3 is 77.1 Å². The molecule has 2 saturated heterocycles. The molecule has 6 aliphatic rings. The second-order valence-electron chi connectivity index (χ2n) is 31.0. The Morgan fingerprint density at radius 1 is 0.435 bits per heavy atom. The minimum absolute atomic E-state index is 0.0168. The van der Waals surface area contributed by atoms with Gasteiger partial charge in [0.25, 0.3) is 17.7 Å². The number of carboxylic acid groups (broad SMARTS) is 1. The lowest BCUT2D eigenvalue weighted by atomic mass is 9.90. The summed E-state index contributed by atoms with van der Waals surface area (Å²) in [5.74, 6) is 6.38. The fourth-order valence-electron chi connectivity index (χ4n) is 14.1. The van der Waals surface area contributed by atoms with E-state index in [0.29, 0.717) is 84.7 Å². The van der Waals surface area contributed by atoms with Crippen molar-refractivity contribution in [3.8, 4) is 46.0 Å². The molecule has 2 N–H and O–H groups in total. The van der Waals surface area contributed by atoms with Gasteiger partial charge in [-0.05, 0) is 184 Å². The molecule has 14 rings (SSSR count). The van der Waals surface area contributed by atoms with Gasteiger partial charge in [-0.1, -0.05) is 148 Å². The number of hydrogen-bond donors (Lipinski definition) is 2. The Morgan fingerprint density at radius 3 is 1.09 bits per heavy atom. The molecule has 6 heterocycles. The van der Waals surface area contributed by atoms with E-state index < -0.39 is 5.97 Å². The van der Waals surface area contributed by atoms with E-state index in [1.807, 2.05) is 111 Å². The fourth-order valence-corrected chi connectivity index (χ4v) is 14.9. The Morgan fingerprint density at radius 2 is 0.748 bits per heavy atom. The molecule has 2 fully saturated rings. The fraction of sp³-hybridized carbons (Fsp3) is 0.391. The SMILES string of the molecule is Brc1ccc2c(c1)CNC2.C=CB1OC(C)(C)C(C)(C)O1.C=Cc1ccc2c(c1)CN(C(=O)c1cc(C(C)C)c(OC)cc1OC)C2.COc1cc(OC)c(C(C)C)cc1C(=O)N1Cc2ccc(Br)cc2C1.COc1cc(OC)c(C(C)C)cc1C(=O)N1Cc2ccc(C3CO3)cc2C1.COc1cc(OC)c(C(C)C)cc1C(=O)O. The van der Waals surface area contributed by atoms with Gasteiger partial charge >= 0.3 is 13.1 Å². The number of fused-ring (bicyclic) bond motifs is 4. The van der Waals surface area contributed by atoms with E-state index in [9.17, 15) is 19.2 Å². The van der Waals surface area contributed by atoms with E-state index in [4.69, 9.17) is 57.0 Å². The molecule has 23 heteroatoms. The molecule has 8 aromatic carbocycles. The number of benzene rings is 8. The number of epoxide rings is 1. The van der Waals surface area contributed by atoms with Gasteiger partial charge in [-0.25, -0.2) is 4.79 Å². The van der Waals surface area contributed by atoms with Crippen molar-refractivity contribution >= 4 is 68.7 Å². The van der Waals surface area contributed by atoms with Gasteiger partial charge in [0, 0.05) is 85.6 Å². The Balaban J connectivity index is 0.000000163. The number of carboxylic acids is 1. The van der Waals surface area contributed by atoms with Crippen molar-refractivity contribution in [2.24, 2.45) is 0 Å². The molecule has 20 nitrogen and oxygen atoms in total. The Labute approximate surface area is 696 Å². The quantitative estimate of drug-likeness (QED) is 0.0568. The maximum Gasteiger partial charge on any atom is 0.486 e. The van der Waals surface area contributed by atoms with Crippen molar-refractivity contribution < 1.29 is 76.2 Å². The molecule has 0 radical (unpaired) electrons. The summed E-state index contributed by atoms with van der Waals surface area (Å²) < 4.78 is 61.8. The molecular weight excluding hydrogens is 1590 g/mol. The van der Waals surface area contributed by atoms with Gasteiger partial charge in [0.2, 0.25) is 0 Å². The molecule has 0 saturated carbocycles. The van der Waals surface area contributed by atoms with Gasteiger partial charge in [0.05, 0.1) is 91.4 Å². The molecule has 8 aromatic rings.